The smallest absolute Gasteiger partial charge is 0.292 e. The van der Waals surface area contributed by atoms with Gasteiger partial charge in [0.15, 0.2) is 5.75 Å². The molecule has 4 nitrogen and oxygen atoms in total. The number of hydrogen-bond acceptors (Lipinski definition) is 3. The SMILES string of the molecule is O=c1c(O)ccc2n1C[C@@H]1CN[C@H]2C1. The molecule has 2 N–H and O–H groups in total. The molecule has 0 unspecified atom stereocenters. The number of pyridine rings is 1. The van der Waals surface area contributed by atoms with Crippen molar-refractivity contribution in [3.8, 4) is 5.75 Å². The molecule has 1 aromatic heterocycles. The quantitative estimate of drug-likeness (QED) is 0.618. The zero-order chi connectivity index (χ0) is 9.71. The number of rotatable bonds is 0. The van der Waals surface area contributed by atoms with E-state index in [0.29, 0.717) is 12.0 Å². The van der Waals surface area contributed by atoms with Crippen molar-refractivity contribution in [1.82, 2.24) is 9.88 Å². The van der Waals surface area contributed by atoms with E-state index in [9.17, 15) is 9.90 Å². The van der Waals surface area contributed by atoms with E-state index in [4.69, 9.17) is 0 Å². The van der Waals surface area contributed by atoms with Crippen LogP contribution >= 0.6 is 0 Å². The molecule has 3 rings (SSSR count). The predicted molar refractivity (Wildman–Crippen MR) is 51.2 cm³/mol. The third-order valence-electron chi connectivity index (χ3n) is 3.21. The maximum Gasteiger partial charge on any atom is 0.292 e. The Hall–Kier alpha value is -1.29. The van der Waals surface area contributed by atoms with E-state index in [-0.39, 0.29) is 11.3 Å². The molecule has 1 fully saturated rings. The van der Waals surface area contributed by atoms with Gasteiger partial charge in [-0.05, 0) is 24.5 Å². The van der Waals surface area contributed by atoms with Gasteiger partial charge in [-0.25, -0.2) is 0 Å². The highest BCUT2D eigenvalue weighted by atomic mass is 16.3. The first-order valence-corrected chi connectivity index (χ1v) is 4.92. The molecule has 4 heteroatoms. The van der Waals surface area contributed by atoms with Crippen molar-refractivity contribution in [2.75, 3.05) is 6.54 Å². The molecule has 1 saturated heterocycles. The zero-order valence-electron chi connectivity index (χ0n) is 7.73. The molecule has 14 heavy (non-hydrogen) atoms. The Labute approximate surface area is 81.2 Å². The first-order valence-electron chi connectivity index (χ1n) is 4.92. The van der Waals surface area contributed by atoms with Crippen LogP contribution in [0.4, 0.5) is 0 Å². The highest BCUT2D eigenvalue weighted by Crippen LogP contribution is 2.32. The number of fused-ring (bicyclic) bond motifs is 4. The minimum atomic E-state index is -0.249. The number of aromatic hydroxyl groups is 1. The van der Waals surface area contributed by atoms with Gasteiger partial charge in [0.1, 0.15) is 0 Å². The molecule has 0 aliphatic carbocycles. The second-order valence-electron chi connectivity index (χ2n) is 4.12. The summed E-state index contributed by atoms with van der Waals surface area (Å²) in [6.07, 6.45) is 1.12. The Balaban J connectivity index is 2.23. The van der Waals surface area contributed by atoms with Crippen LogP contribution in [-0.2, 0) is 6.54 Å². The molecule has 2 atom stereocenters. The molecule has 0 radical (unpaired) electrons. The summed E-state index contributed by atoms with van der Waals surface area (Å²) < 4.78 is 1.70. The van der Waals surface area contributed by atoms with Gasteiger partial charge in [0, 0.05) is 24.8 Å². The maximum absolute atomic E-state index is 11.6. The standard InChI is InChI=1S/C10H12N2O2/c13-9-2-1-8-7-3-6(4-11-7)5-12(8)10(9)14/h1-2,6-7,11,13H,3-5H2/t6-,7-/m0/s1. The minimum Gasteiger partial charge on any atom is -0.503 e. The lowest BCUT2D eigenvalue weighted by atomic mass is 9.98. The summed E-state index contributed by atoms with van der Waals surface area (Å²) >= 11 is 0. The lowest BCUT2D eigenvalue weighted by Gasteiger charge is -2.23. The number of hydrogen-bond donors (Lipinski definition) is 2. The van der Waals surface area contributed by atoms with Crippen LogP contribution < -0.4 is 10.9 Å². The van der Waals surface area contributed by atoms with Gasteiger partial charge >= 0.3 is 0 Å². The number of nitrogens with zero attached hydrogens (tertiary/aromatic N) is 1. The lowest BCUT2D eigenvalue weighted by molar-refractivity contribution is 0.387. The monoisotopic (exact) mass is 192 g/mol. The van der Waals surface area contributed by atoms with E-state index >= 15 is 0 Å². The molecule has 1 aromatic rings. The van der Waals surface area contributed by atoms with Gasteiger partial charge in [-0.1, -0.05) is 0 Å². The van der Waals surface area contributed by atoms with Crippen molar-refractivity contribution in [3.05, 3.63) is 28.2 Å². The van der Waals surface area contributed by atoms with E-state index < -0.39 is 0 Å². The van der Waals surface area contributed by atoms with Crippen molar-refractivity contribution >= 4 is 0 Å². The lowest BCUT2D eigenvalue weighted by Crippen LogP contribution is -2.30. The molecule has 0 aromatic carbocycles. The summed E-state index contributed by atoms with van der Waals surface area (Å²) in [4.78, 5) is 11.6. The van der Waals surface area contributed by atoms with Gasteiger partial charge < -0.3 is 15.0 Å². The third kappa shape index (κ3) is 0.944. The van der Waals surface area contributed by atoms with E-state index in [1.165, 1.54) is 6.07 Å². The fraction of sp³-hybridized carbons (Fsp3) is 0.500. The van der Waals surface area contributed by atoms with E-state index in [2.05, 4.69) is 5.32 Å². The Morgan fingerprint density at radius 2 is 2.36 bits per heavy atom. The minimum absolute atomic E-state index is 0.143. The molecule has 0 saturated carbocycles. The Morgan fingerprint density at radius 3 is 3.21 bits per heavy atom. The predicted octanol–water partition coefficient (Wildman–Crippen LogP) is 0.218. The number of nitrogens with one attached hydrogen (secondary N) is 1. The molecule has 0 amide bonds. The first kappa shape index (κ1) is 8.05. The van der Waals surface area contributed by atoms with Crippen LogP contribution in [0, 0.1) is 5.92 Å². The fourth-order valence-corrected chi connectivity index (χ4v) is 2.51. The maximum atomic E-state index is 11.6. The average Bonchev–Trinajstić information content (AvgIpc) is 2.56. The molecule has 3 heterocycles. The van der Waals surface area contributed by atoms with Gasteiger partial charge in [-0.15, -0.1) is 0 Å². The largest absolute Gasteiger partial charge is 0.503 e. The van der Waals surface area contributed by atoms with Gasteiger partial charge in [0.25, 0.3) is 5.56 Å². The topological polar surface area (TPSA) is 54.3 Å². The van der Waals surface area contributed by atoms with Crippen molar-refractivity contribution in [2.45, 2.75) is 19.0 Å². The normalized spacial score (nSPS) is 28.9. The van der Waals surface area contributed by atoms with Gasteiger partial charge in [0.2, 0.25) is 0 Å². The highest BCUT2D eigenvalue weighted by molar-refractivity contribution is 5.24. The van der Waals surface area contributed by atoms with Crippen molar-refractivity contribution < 1.29 is 5.11 Å². The molecule has 2 bridgehead atoms. The van der Waals surface area contributed by atoms with Crippen LogP contribution in [0.15, 0.2) is 16.9 Å². The fourth-order valence-electron chi connectivity index (χ4n) is 2.51. The van der Waals surface area contributed by atoms with Crippen LogP contribution in [0.2, 0.25) is 0 Å². The van der Waals surface area contributed by atoms with Crippen molar-refractivity contribution in [2.24, 2.45) is 5.92 Å². The second-order valence-corrected chi connectivity index (χ2v) is 4.12. The van der Waals surface area contributed by atoms with Gasteiger partial charge in [-0.3, -0.25) is 4.79 Å². The molecular formula is C10H12N2O2. The number of aromatic nitrogens is 1. The molecule has 74 valence electrons. The first-order chi connectivity index (χ1) is 6.75. The van der Waals surface area contributed by atoms with Crippen molar-refractivity contribution in [1.29, 1.82) is 0 Å². The summed E-state index contributed by atoms with van der Waals surface area (Å²) in [7, 11) is 0. The second kappa shape index (κ2) is 2.60. The third-order valence-corrected chi connectivity index (χ3v) is 3.21. The van der Waals surface area contributed by atoms with Crippen LogP contribution in [0.25, 0.3) is 0 Å². The molecule has 2 aliphatic heterocycles. The summed E-state index contributed by atoms with van der Waals surface area (Å²) in [6.45, 7) is 1.72. The van der Waals surface area contributed by atoms with Gasteiger partial charge in [0.05, 0.1) is 0 Å². The molecular weight excluding hydrogens is 180 g/mol. The summed E-state index contributed by atoms with van der Waals surface area (Å²) in [5, 5.41) is 12.7. The Kier molecular flexibility index (Phi) is 1.50. The van der Waals surface area contributed by atoms with Crippen LogP contribution in [0.5, 0.6) is 5.75 Å². The Bertz CT molecular complexity index is 438. The summed E-state index contributed by atoms with van der Waals surface area (Å²) in [6, 6.07) is 3.65. The van der Waals surface area contributed by atoms with E-state index in [1.54, 1.807) is 4.57 Å². The van der Waals surface area contributed by atoms with E-state index in [0.717, 1.165) is 25.2 Å². The van der Waals surface area contributed by atoms with Crippen LogP contribution in [0.3, 0.4) is 0 Å². The highest BCUT2D eigenvalue weighted by Gasteiger charge is 2.33. The Morgan fingerprint density at radius 1 is 1.50 bits per heavy atom. The van der Waals surface area contributed by atoms with Crippen LogP contribution in [-0.4, -0.2) is 16.2 Å². The summed E-state index contributed by atoms with van der Waals surface area (Å²) in [5.41, 5.74) is 0.766. The molecule has 2 aliphatic rings. The van der Waals surface area contributed by atoms with Gasteiger partial charge in [-0.2, -0.15) is 0 Å². The average molecular weight is 192 g/mol. The van der Waals surface area contributed by atoms with Crippen LogP contribution in [0.1, 0.15) is 18.2 Å². The van der Waals surface area contributed by atoms with Crippen molar-refractivity contribution in [3.63, 3.8) is 0 Å². The molecule has 0 spiro atoms. The zero-order valence-corrected chi connectivity index (χ0v) is 7.73. The van der Waals surface area contributed by atoms with E-state index in [1.807, 2.05) is 6.07 Å². The summed E-state index contributed by atoms with van der Waals surface area (Å²) in [5.74, 6) is 0.405.